The Morgan fingerprint density at radius 3 is 3.00 bits per heavy atom. The molecule has 1 aliphatic heterocycles. The Balaban J connectivity index is 2.08. The minimum atomic E-state index is -0.402. The molecule has 0 N–H and O–H groups in total. The van der Waals surface area contributed by atoms with Gasteiger partial charge in [0, 0.05) is 24.1 Å². The number of nitro groups is 1. The third kappa shape index (κ3) is 2.23. The van der Waals surface area contributed by atoms with Crippen LogP contribution in [0.5, 0.6) is 0 Å². The molecule has 1 aromatic carbocycles. The van der Waals surface area contributed by atoms with Gasteiger partial charge in [0.25, 0.3) is 5.69 Å². The van der Waals surface area contributed by atoms with E-state index in [9.17, 15) is 10.1 Å². The number of benzene rings is 1. The van der Waals surface area contributed by atoms with E-state index < -0.39 is 4.92 Å². The lowest BCUT2D eigenvalue weighted by Crippen LogP contribution is -2.19. The van der Waals surface area contributed by atoms with Gasteiger partial charge < -0.3 is 4.74 Å². The van der Waals surface area contributed by atoms with Gasteiger partial charge in [-0.3, -0.25) is 10.1 Å². The average Bonchev–Trinajstić information content (AvgIpc) is 2.77. The van der Waals surface area contributed by atoms with E-state index in [-0.39, 0.29) is 11.9 Å². The van der Waals surface area contributed by atoms with Crippen molar-refractivity contribution in [3.05, 3.63) is 32.9 Å². The summed E-state index contributed by atoms with van der Waals surface area (Å²) in [5, 5.41) is 15.9. The third-order valence-electron chi connectivity index (χ3n) is 3.28. The highest BCUT2D eigenvalue weighted by atomic mass is 79.9. The number of fused-ring (bicyclic) bond motifs is 1. The van der Waals surface area contributed by atoms with Gasteiger partial charge in [0.05, 0.1) is 10.4 Å². The van der Waals surface area contributed by atoms with Crippen LogP contribution in [-0.2, 0) is 4.74 Å². The van der Waals surface area contributed by atoms with E-state index in [0.29, 0.717) is 4.60 Å². The first-order chi connectivity index (χ1) is 9.16. The van der Waals surface area contributed by atoms with E-state index in [1.54, 1.807) is 6.07 Å². The summed E-state index contributed by atoms with van der Waals surface area (Å²) in [5.41, 5.74) is 0.918. The number of halogens is 1. The molecular formula is C12H12BrN3O3. The maximum atomic E-state index is 10.8. The Kier molecular flexibility index (Phi) is 3.24. The highest BCUT2D eigenvalue weighted by Gasteiger charge is 2.21. The van der Waals surface area contributed by atoms with Crippen molar-refractivity contribution in [1.29, 1.82) is 0 Å². The first kappa shape index (κ1) is 12.6. The molecule has 0 radical (unpaired) electrons. The molecule has 2 aromatic rings. The number of aromatic nitrogens is 2. The quantitative estimate of drug-likeness (QED) is 0.626. The summed E-state index contributed by atoms with van der Waals surface area (Å²) in [6, 6.07) is 4.75. The van der Waals surface area contributed by atoms with E-state index in [0.717, 1.165) is 36.8 Å². The lowest BCUT2D eigenvalue weighted by Gasteiger charge is -2.23. The van der Waals surface area contributed by atoms with Crippen LogP contribution in [0, 0.1) is 10.1 Å². The maximum absolute atomic E-state index is 10.8. The Bertz CT molecular complexity index is 634. The van der Waals surface area contributed by atoms with Crippen molar-refractivity contribution in [3.63, 3.8) is 0 Å². The van der Waals surface area contributed by atoms with Crippen LogP contribution in [-0.4, -0.2) is 21.3 Å². The van der Waals surface area contributed by atoms with Crippen molar-refractivity contribution >= 4 is 32.5 Å². The Hall–Kier alpha value is -1.47. The molecule has 0 spiro atoms. The number of nitrogens with zero attached hydrogens (tertiary/aromatic N) is 3. The van der Waals surface area contributed by atoms with Gasteiger partial charge in [-0.1, -0.05) is 0 Å². The van der Waals surface area contributed by atoms with Gasteiger partial charge in [-0.15, -0.1) is 0 Å². The minimum absolute atomic E-state index is 0.0670. The largest absolute Gasteiger partial charge is 0.356 e. The topological polar surface area (TPSA) is 70.2 Å². The summed E-state index contributed by atoms with van der Waals surface area (Å²) in [4.78, 5) is 10.4. The summed E-state index contributed by atoms with van der Waals surface area (Å²) in [5.74, 6) is 0. The molecule has 0 bridgehead atoms. The molecule has 1 unspecified atom stereocenters. The van der Waals surface area contributed by atoms with Gasteiger partial charge >= 0.3 is 0 Å². The molecule has 0 amide bonds. The smallest absolute Gasteiger partial charge is 0.270 e. The van der Waals surface area contributed by atoms with E-state index >= 15 is 0 Å². The number of nitro benzene ring substituents is 1. The monoisotopic (exact) mass is 325 g/mol. The Morgan fingerprint density at radius 1 is 1.47 bits per heavy atom. The van der Waals surface area contributed by atoms with Crippen molar-refractivity contribution in [2.75, 3.05) is 6.61 Å². The molecule has 0 aliphatic carbocycles. The molecule has 3 rings (SSSR count). The summed E-state index contributed by atoms with van der Waals surface area (Å²) in [6.45, 7) is 0.733. The fourth-order valence-corrected chi connectivity index (χ4v) is 2.83. The lowest BCUT2D eigenvalue weighted by atomic mass is 10.2. The Labute approximate surface area is 117 Å². The van der Waals surface area contributed by atoms with Gasteiger partial charge in [0.15, 0.2) is 6.23 Å². The number of hydrogen-bond acceptors (Lipinski definition) is 4. The molecule has 100 valence electrons. The van der Waals surface area contributed by atoms with E-state index in [1.807, 2.05) is 4.68 Å². The van der Waals surface area contributed by atoms with Crippen LogP contribution in [0.15, 0.2) is 22.8 Å². The fourth-order valence-electron chi connectivity index (χ4n) is 2.34. The van der Waals surface area contributed by atoms with Crippen molar-refractivity contribution in [2.24, 2.45) is 0 Å². The first-order valence-corrected chi connectivity index (χ1v) is 6.90. The molecule has 7 heteroatoms. The van der Waals surface area contributed by atoms with Crippen LogP contribution in [0.25, 0.3) is 10.9 Å². The van der Waals surface area contributed by atoms with E-state index in [4.69, 9.17) is 4.74 Å². The highest BCUT2D eigenvalue weighted by molar-refractivity contribution is 9.10. The van der Waals surface area contributed by atoms with Gasteiger partial charge in [0.2, 0.25) is 0 Å². The predicted octanol–water partition coefficient (Wildman–Crippen LogP) is 3.41. The van der Waals surface area contributed by atoms with Crippen LogP contribution in [0.2, 0.25) is 0 Å². The van der Waals surface area contributed by atoms with Gasteiger partial charge in [-0.05, 0) is 41.3 Å². The van der Waals surface area contributed by atoms with Gasteiger partial charge in [-0.2, -0.15) is 5.10 Å². The SMILES string of the molecule is O=[N+]([O-])c1ccc2c(c1)c(Br)nn2C1CCCCO1. The van der Waals surface area contributed by atoms with Crippen molar-refractivity contribution in [2.45, 2.75) is 25.5 Å². The molecule has 1 aliphatic rings. The van der Waals surface area contributed by atoms with Gasteiger partial charge in [0.1, 0.15) is 4.60 Å². The van der Waals surface area contributed by atoms with Crippen LogP contribution < -0.4 is 0 Å². The molecule has 19 heavy (non-hydrogen) atoms. The van der Waals surface area contributed by atoms with Crippen molar-refractivity contribution in [3.8, 4) is 0 Å². The average molecular weight is 326 g/mol. The van der Waals surface area contributed by atoms with E-state index in [2.05, 4.69) is 21.0 Å². The molecule has 1 aromatic heterocycles. The zero-order valence-electron chi connectivity index (χ0n) is 10.1. The number of rotatable bonds is 2. The molecule has 2 heterocycles. The third-order valence-corrected chi connectivity index (χ3v) is 3.87. The van der Waals surface area contributed by atoms with Crippen LogP contribution >= 0.6 is 15.9 Å². The lowest BCUT2D eigenvalue weighted by molar-refractivity contribution is -0.384. The molecule has 1 atom stereocenters. The molecule has 1 saturated heterocycles. The molecule has 6 nitrogen and oxygen atoms in total. The molecule has 1 fully saturated rings. The number of hydrogen-bond donors (Lipinski definition) is 0. The summed E-state index contributed by atoms with van der Waals surface area (Å²) >= 11 is 3.36. The summed E-state index contributed by atoms with van der Waals surface area (Å²) in [6.07, 6.45) is 3.02. The Morgan fingerprint density at radius 2 is 2.32 bits per heavy atom. The molecular weight excluding hydrogens is 314 g/mol. The van der Waals surface area contributed by atoms with Crippen LogP contribution in [0.4, 0.5) is 5.69 Å². The normalized spacial score (nSPS) is 19.7. The van der Waals surface area contributed by atoms with E-state index in [1.165, 1.54) is 12.1 Å². The van der Waals surface area contributed by atoms with Crippen molar-refractivity contribution in [1.82, 2.24) is 9.78 Å². The second-order valence-corrected chi connectivity index (χ2v) is 5.27. The second kappa shape index (κ2) is 4.90. The first-order valence-electron chi connectivity index (χ1n) is 6.10. The summed E-state index contributed by atoms with van der Waals surface area (Å²) in [7, 11) is 0. The zero-order chi connectivity index (χ0) is 13.4. The zero-order valence-corrected chi connectivity index (χ0v) is 11.7. The minimum Gasteiger partial charge on any atom is -0.356 e. The van der Waals surface area contributed by atoms with Crippen molar-refractivity contribution < 1.29 is 9.66 Å². The number of ether oxygens (including phenoxy) is 1. The molecule has 0 saturated carbocycles. The fraction of sp³-hybridized carbons (Fsp3) is 0.417. The van der Waals surface area contributed by atoms with Crippen LogP contribution in [0.3, 0.4) is 0 Å². The highest BCUT2D eigenvalue weighted by Crippen LogP contribution is 2.32. The number of non-ortho nitro benzene ring substituents is 1. The van der Waals surface area contributed by atoms with Crippen LogP contribution in [0.1, 0.15) is 25.5 Å². The standard InChI is InChI=1S/C12H12BrN3O3/c13-12-9-7-8(16(17)18)4-5-10(9)15(14-12)11-3-1-2-6-19-11/h4-5,7,11H,1-3,6H2. The van der Waals surface area contributed by atoms with Gasteiger partial charge in [-0.25, -0.2) is 4.68 Å². The second-order valence-electron chi connectivity index (χ2n) is 4.52. The summed E-state index contributed by atoms with van der Waals surface area (Å²) < 4.78 is 8.13. The predicted molar refractivity (Wildman–Crippen MR) is 72.9 cm³/mol. The maximum Gasteiger partial charge on any atom is 0.270 e.